The van der Waals surface area contributed by atoms with Gasteiger partial charge in [0.25, 0.3) is 0 Å². The molecule has 0 atom stereocenters. The summed E-state index contributed by atoms with van der Waals surface area (Å²) in [4.78, 5) is 12.6. The zero-order valence-electron chi connectivity index (χ0n) is 7.57. The van der Waals surface area contributed by atoms with Gasteiger partial charge in [-0.1, -0.05) is 5.16 Å². The van der Waals surface area contributed by atoms with Gasteiger partial charge in [0, 0.05) is 38.9 Å². The summed E-state index contributed by atoms with van der Waals surface area (Å²) >= 11 is 0. The molecule has 3 N–H and O–H groups in total. The van der Waals surface area contributed by atoms with Crippen LogP contribution in [0.5, 0.6) is 0 Å². The van der Waals surface area contributed by atoms with Gasteiger partial charge in [-0.05, 0) is 0 Å². The standard InChI is InChI=1S/C8H15N3O2/c9-8(12)3-6-11-4-1-7(10-13)2-5-11/h13H,1-6H2,(H2,9,12). The van der Waals surface area contributed by atoms with E-state index in [1.165, 1.54) is 0 Å². The Morgan fingerprint density at radius 1 is 1.54 bits per heavy atom. The van der Waals surface area contributed by atoms with Crippen molar-refractivity contribution in [1.29, 1.82) is 0 Å². The van der Waals surface area contributed by atoms with Gasteiger partial charge in [0.2, 0.25) is 5.91 Å². The number of primary amides is 1. The van der Waals surface area contributed by atoms with E-state index in [-0.39, 0.29) is 5.91 Å². The van der Waals surface area contributed by atoms with Gasteiger partial charge in [-0.15, -0.1) is 0 Å². The van der Waals surface area contributed by atoms with Crippen molar-refractivity contribution >= 4 is 11.6 Å². The van der Waals surface area contributed by atoms with E-state index in [0.717, 1.165) is 31.6 Å². The largest absolute Gasteiger partial charge is 0.411 e. The van der Waals surface area contributed by atoms with Gasteiger partial charge >= 0.3 is 0 Å². The first kappa shape index (κ1) is 9.98. The number of rotatable bonds is 3. The highest BCUT2D eigenvalue weighted by molar-refractivity contribution is 5.84. The van der Waals surface area contributed by atoms with Crippen LogP contribution in [0.15, 0.2) is 5.16 Å². The molecule has 1 rings (SSSR count). The van der Waals surface area contributed by atoms with Crippen LogP contribution in [0.2, 0.25) is 0 Å². The van der Waals surface area contributed by atoms with Crippen molar-refractivity contribution in [2.45, 2.75) is 19.3 Å². The first-order valence-corrected chi connectivity index (χ1v) is 4.43. The summed E-state index contributed by atoms with van der Waals surface area (Å²) in [7, 11) is 0. The van der Waals surface area contributed by atoms with Crippen molar-refractivity contribution in [1.82, 2.24) is 4.90 Å². The van der Waals surface area contributed by atoms with Crippen molar-refractivity contribution < 1.29 is 10.0 Å². The van der Waals surface area contributed by atoms with E-state index in [9.17, 15) is 4.79 Å². The van der Waals surface area contributed by atoms with Gasteiger partial charge in [-0.3, -0.25) is 4.79 Å². The Balaban J connectivity index is 2.21. The van der Waals surface area contributed by atoms with Crippen LogP contribution in [0.1, 0.15) is 19.3 Å². The molecule has 0 aromatic heterocycles. The maximum absolute atomic E-state index is 10.5. The fourth-order valence-electron chi connectivity index (χ4n) is 1.40. The van der Waals surface area contributed by atoms with Crippen LogP contribution in [0.25, 0.3) is 0 Å². The maximum Gasteiger partial charge on any atom is 0.218 e. The molecule has 0 aromatic rings. The van der Waals surface area contributed by atoms with E-state index in [1.807, 2.05) is 0 Å². The number of likely N-dealkylation sites (tertiary alicyclic amines) is 1. The Hall–Kier alpha value is -1.10. The molecule has 5 heteroatoms. The second-order valence-electron chi connectivity index (χ2n) is 3.22. The third-order valence-electron chi connectivity index (χ3n) is 2.25. The monoisotopic (exact) mass is 185 g/mol. The molecule has 0 aromatic carbocycles. The molecular weight excluding hydrogens is 170 g/mol. The molecule has 1 fully saturated rings. The summed E-state index contributed by atoms with van der Waals surface area (Å²) < 4.78 is 0. The van der Waals surface area contributed by atoms with Crippen LogP contribution >= 0.6 is 0 Å². The van der Waals surface area contributed by atoms with Crippen LogP contribution < -0.4 is 5.73 Å². The fraction of sp³-hybridized carbons (Fsp3) is 0.750. The van der Waals surface area contributed by atoms with E-state index in [1.54, 1.807) is 0 Å². The predicted molar refractivity (Wildman–Crippen MR) is 48.7 cm³/mol. The number of piperidine rings is 1. The van der Waals surface area contributed by atoms with Crippen molar-refractivity contribution in [2.75, 3.05) is 19.6 Å². The minimum Gasteiger partial charge on any atom is -0.411 e. The zero-order chi connectivity index (χ0) is 9.68. The first-order valence-electron chi connectivity index (χ1n) is 4.43. The van der Waals surface area contributed by atoms with Gasteiger partial charge in [-0.25, -0.2) is 0 Å². The number of amides is 1. The van der Waals surface area contributed by atoms with Crippen molar-refractivity contribution in [3.8, 4) is 0 Å². The molecule has 5 nitrogen and oxygen atoms in total. The molecule has 1 aliphatic rings. The zero-order valence-corrected chi connectivity index (χ0v) is 7.57. The Kier molecular flexibility index (Phi) is 3.70. The summed E-state index contributed by atoms with van der Waals surface area (Å²) in [5, 5.41) is 11.7. The van der Waals surface area contributed by atoms with Gasteiger partial charge in [0.1, 0.15) is 0 Å². The highest BCUT2D eigenvalue weighted by Gasteiger charge is 2.15. The first-order chi connectivity index (χ1) is 6.22. The lowest BCUT2D eigenvalue weighted by Crippen LogP contribution is -2.36. The molecule has 1 amide bonds. The predicted octanol–water partition coefficient (Wildman–Crippen LogP) is -0.212. The average Bonchev–Trinajstić information content (AvgIpc) is 2.15. The number of nitrogens with two attached hydrogens (primary N) is 1. The molecule has 1 saturated heterocycles. The summed E-state index contributed by atoms with van der Waals surface area (Å²) in [5.41, 5.74) is 5.88. The fourth-order valence-corrected chi connectivity index (χ4v) is 1.40. The lowest BCUT2D eigenvalue weighted by atomic mass is 10.1. The van der Waals surface area contributed by atoms with Crippen molar-refractivity contribution in [2.24, 2.45) is 10.9 Å². The quantitative estimate of drug-likeness (QED) is 0.471. The van der Waals surface area contributed by atoms with E-state index >= 15 is 0 Å². The van der Waals surface area contributed by atoms with Crippen molar-refractivity contribution in [3.05, 3.63) is 0 Å². The molecule has 1 aliphatic heterocycles. The maximum atomic E-state index is 10.5. The minimum atomic E-state index is -0.262. The van der Waals surface area contributed by atoms with E-state index in [0.29, 0.717) is 13.0 Å². The Bertz CT molecular complexity index is 205. The summed E-state index contributed by atoms with van der Waals surface area (Å²) in [6.45, 7) is 2.42. The summed E-state index contributed by atoms with van der Waals surface area (Å²) in [6, 6.07) is 0. The number of carbonyl (C=O) groups excluding carboxylic acids is 1. The van der Waals surface area contributed by atoms with E-state index in [2.05, 4.69) is 10.1 Å². The smallest absolute Gasteiger partial charge is 0.218 e. The van der Waals surface area contributed by atoms with Gasteiger partial charge in [-0.2, -0.15) is 0 Å². The number of nitrogens with zero attached hydrogens (tertiary/aromatic N) is 2. The third kappa shape index (κ3) is 3.42. The molecular formula is C8H15N3O2. The SMILES string of the molecule is NC(=O)CCN1CCC(=NO)CC1. The topological polar surface area (TPSA) is 78.9 Å². The molecule has 0 bridgehead atoms. The average molecular weight is 185 g/mol. The Morgan fingerprint density at radius 3 is 2.62 bits per heavy atom. The summed E-state index contributed by atoms with van der Waals surface area (Å²) in [6.07, 6.45) is 1.98. The lowest BCUT2D eigenvalue weighted by Gasteiger charge is -2.26. The van der Waals surface area contributed by atoms with Gasteiger partial charge < -0.3 is 15.8 Å². The summed E-state index contributed by atoms with van der Waals surface area (Å²) in [5.74, 6) is -0.262. The molecule has 13 heavy (non-hydrogen) atoms. The van der Waals surface area contributed by atoms with Gasteiger partial charge in [0.15, 0.2) is 0 Å². The van der Waals surface area contributed by atoms with Gasteiger partial charge in [0.05, 0.1) is 5.71 Å². The molecule has 1 heterocycles. The lowest BCUT2D eigenvalue weighted by molar-refractivity contribution is -0.118. The van der Waals surface area contributed by atoms with E-state index < -0.39 is 0 Å². The number of hydrogen-bond donors (Lipinski definition) is 2. The second kappa shape index (κ2) is 4.81. The number of oxime groups is 1. The van der Waals surface area contributed by atoms with Crippen LogP contribution in [0, 0.1) is 0 Å². The normalized spacial score (nSPS) is 18.6. The molecule has 0 saturated carbocycles. The van der Waals surface area contributed by atoms with Crippen LogP contribution in [0.3, 0.4) is 0 Å². The van der Waals surface area contributed by atoms with Crippen molar-refractivity contribution in [3.63, 3.8) is 0 Å². The second-order valence-corrected chi connectivity index (χ2v) is 3.22. The van der Waals surface area contributed by atoms with Crippen LogP contribution in [-0.2, 0) is 4.79 Å². The van der Waals surface area contributed by atoms with Crippen LogP contribution in [-0.4, -0.2) is 41.4 Å². The minimum absolute atomic E-state index is 0.262. The molecule has 74 valence electrons. The number of carbonyl (C=O) groups is 1. The molecule has 0 radical (unpaired) electrons. The van der Waals surface area contributed by atoms with Crippen LogP contribution in [0.4, 0.5) is 0 Å². The highest BCUT2D eigenvalue weighted by atomic mass is 16.4. The highest BCUT2D eigenvalue weighted by Crippen LogP contribution is 2.06. The number of hydrogen-bond acceptors (Lipinski definition) is 4. The third-order valence-corrected chi connectivity index (χ3v) is 2.25. The Morgan fingerprint density at radius 2 is 2.15 bits per heavy atom. The molecule has 0 aliphatic carbocycles. The Labute approximate surface area is 77.2 Å². The molecule has 0 unspecified atom stereocenters. The molecule has 0 spiro atoms. The van der Waals surface area contributed by atoms with E-state index in [4.69, 9.17) is 10.9 Å².